The Kier molecular flexibility index (Phi) is 2.76. The molecule has 3 rings (SSSR count). The molecule has 2 aromatic carbocycles. The third kappa shape index (κ3) is 1.98. The maximum Gasteiger partial charge on any atom is 0.228 e. The van der Waals surface area contributed by atoms with Crippen molar-refractivity contribution >= 4 is 44.3 Å². The number of hydrogen-bond donors (Lipinski definition) is 1. The molecule has 0 amide bonds. The van der Waals surface area contributed by atoms with Gasteiger partial charge in [-0.15, -0.1) is 0 Å². The van der Waals surface area contributed by atoms with Gasteiger partial charge in [-0.3, -0.25) is 0 Å². The number of benzene rings is 2. The molecule has 0 aliphatic rings. The fourth-order valence-corrected chi connectivity index (χ4v) is 2.31. The Balaban J connectivity index is 2.22. The summed E-state index contributed by atoms with van der Waals surface area (Å²) in [6, 6.07) is 10.8. The van der Waals surface area contributed by atoms with Crippen molar-refractivity contribution in [2.75, 3.05) is 5.73 Å². The Labute approximate surface area is 117 Å². The molecule has 0 atom stereocenters. The van der Waals surface area contributed by atoms with Crippen molar-refractivity contribution in [3.63, 3.8) is 0 Å². The third-order valence-electron chi connectivity index (χ3n) is 2.57. The Hall–Kier alpha value is -1.52. The van der Waals surface area contributed by atoms with E-state index in [4.69, 9.17) is 21.8 Å². The van der Waals surface area contributed by atoms with Crippen molar-refractivity contribution in [2.24, 2.45) is 0 Å². The van der Waals surface area contributed by atoms with Gasteiger partial charge in [0.15, 0.2) is 5.58 Å². The molecule has 1 heterocycles. The molecule has 5 heteroatoms. The van der Waals surface area contributed by atoms with Gasteiger partial charge in [0.05, 0.1) is 5.56 Å². The van der Waals surface area contributed by atoms with Gasteiger partial charge in [0.1, 0.15) is 5.52 Å². The van der Waals surface area contributed by atoms with Gasteiger partial charge < -0.3 is 10.2 Å². The lowest BCUT2D eigenvalue weighted by Gasteiger charge is -2.00. The summed E-state index contributed by atoms with van der Waals surface area (Å²) in [6.07, 6.45) is 0. The van der Waals surface area contributed by atoms with Crippen LogP contribution < -0.4 is 5.73 Å². The lowest BCUT2D eigenvalue weighted by molar-refractivity contribution is 0.619. The summed E-state index contributed by atoms with van der Waals surface area (Å²) >= 11 is 9.38. The number of hydrogen-bond acceptors (Lipinski definition) is 3. The van der Waals surface area contributed by atoms with E-state index in [0.717, 1.165) is 15.6 Å². The van der Waals surface area contributed by atoms with Crippen LogP contribution >= 0.6 is 27.5 Å². The number of anilines is 1. The number of nitrogens with two attached hydrogens (primary N) is 1. The molecule has 18 heavy (non-hydrogen) atoms. The molecule has 2 N–H and O–H groups in total. The van der Waals surface area contributed by atoms with Crippen LogP contribution in [0.1, 0.15) is 0 Å². The van der Waals surface area contributed by atoms with E-state index in [0.29, 0.717) is 22.2 Å². The first kappa shape index (κ1) is 11.6. The third-order valence-corrected chi connectivity index (χ3v) is 3.50. The highest BCUT2D eigenvalue weighted by molar-refractivity contribution is 9.10. The predicted molar refractivity (Wildman–Crippen MR) is 76.6 cm³/mol. The van der Waals surface area contributed by atoms with Crippen molar-refractivity contribution < 1.29 is 4.42 Å². The van der Waals surface area contributed by atoms with E-state index in [9.17, 15) is 0 Å². The summed E-state index contributed by atoms with van der Waals surface area (Å²) in [7, 11) is 0. The average molecular weight is 324 g/mol. The van der Waals surface area contributed by atoms with Crippen LogP contribution in [0.4, 0.5) is 5.69 Å². The molecule has 0 aliphatic carbocycles. The molecule has 0 radical (unpaired) electrons. The zero-order valence-electron chi connectivity index (χ0n) is 9.15. The molecule has 0 saturated carbocycles. The first-order chi connectivity index (χ1) is 8.63. The predicted octanol–water partition coefficient (Wildman–Crippen LogP) is 4.49. The summed E-state index contributed by atoms with van der Waals surface area (Å²) in [5, 5.41) is 0.633. The monoisotopic (exact) mass is 322 g/mol. The van der Waals surface area contributed by atoms with Gasteiger partial charge in [0, 0.05) is 15.2 Å². The number of nitrogen functional groups attached to an aromatic ring is 1. The smallest absolute Gasteiger partial charge is 0.228 e. The molecule has 0 bridgehead atoms. The second-order valence-corrected chi connectivity index (χ2v) is 5.16. The number of aromatic nitrogens is 1. The molecule has 0 unspecified atom stereocenters. The molecule has 0 aliphatic heterocycles. The van der Waals surface area contributed by atoms with Gasteiger partial charge in [-0.2, -0.15) is 0 Å². The van der Waals surface area contributed by atoms with Gasteiger partial charge in [-0.1, -0.05) is 11.6 Å². The maximum absolute atomic E-state index is 5.92. The Bertz CT molecular complexity index is 739. The molecular weight excluding hydrogens is 316 g/mol. The minimum absolute atomic E-state index is 0.520. The van der Waals surface area contributed by atoms with Gasteiger partial charge in [0.25, 0.3) is 0 Å². The zero-order valence-corrected chi connectivity index (χ0v) is 11.5. The second kappa shape index (κ2) is 4.30. The fourth-order valence-electron chi connectivity index (χ4n) is 1.72. The first-order valence-electron chi connectivity index (χ1n) is 5.25. The number of oxazole rings is 1. The summed E-state index contributed by atoms with van der Waals surface area (Å²) in [5.41, 5.74) is 8.68. The lowest BCUT2D eigenvalue weighted by atomic mass is 10.2. The molecule has 1 aromatic heterocycles. The van der Waals surface area contributed by atoms with E-state index in [1.165, 1.54) is 0 Å². The van der Waals surface area contributed by atoms with Crippen molar-refractivity contribution in [3.8, 4) is 11.5 Å². The van der Waals surface area contributed by atoms with E-state index >= 15 is 0 Å². The summed E-state index contributed by atoms with van der Waals surface area (Å²) in [4.78, 5) is 4.41. The van der Waals surface area contributed by atoms with E-state index in [-0.39, 0.29) is 0 Å². The van der Waals surface area contributed by atoms with E-state index < -0.39 is 0 Å². The molecule has 0 spiro atoms. The van der Waals surface area contributed by atoms with Crippen LogP contribution in [0.2, 0.25) is 5.02 Å². The van der Waals surface area contributed by atoms with Crippen LogP contribution in [0.5, 0.6) is 0 Å². The Morgan fingerprint density at radius 1 is 1.17 bits per heavy atom. The summed E-state index contributed by atoms with van der Waals surface area (Å²) in [5.74, 6) is 0.520. The molecule has 90 valence electrons. The van der Waals surface area contributed by atoms with Crippen LogP contribution in [0.25, 0.3) is 22.6 Å². The van der Waals surface area contributed by atoms with Gasteiger partial charge >= 0.3 is 0 Å². The van der Waals surface area contributed by atoms with Crippen LogP contribution in [-0.2, 0) is 0 Å². The molecular formula is C13H8BrClN2O. The number of rotatable bonds is 1. The van der Waals surface area contributed by atoms with Crippen molar-refractivity contribution in [1.82, 2.24) is 4.98 Å². The van der Waals surface area contributed by atoms with Crippen molar-refractivity contribution in [3.05, 3.63) is 45.9 Å². The summed E-state index contributed by atoms with van der Waals surface area (Å²) < 4.78 is 6.57. The second-order valence-electron chi connectivity index (χ2n) is 3.87. The first-order valence-corrected chi connectivity index (χ1v) is 6.42. The highest BCUT2D eigenvalue weighted by Gasteiger charge is 2.11. The van der Waals surface area contributed by atoms with Gasteiger partial charge in [-0.25, -0.2) is 4.98 Å². The normalized spacial score (nSPS) is 11.0. The van der Waals surface area contributed by atoms with Gasteiger partial charge in [0.2, 0.25) is 5.89 Å². The molecule has 0 fully saturated rings. The Morgan fingerprint density at radius 3 is 2.83 bits per heavy atom. The lowest BCUT2D eigenvalue weighted by Crippen LogP contribution is -1.86. The topological polar surface area (TPSA) is 52.0 Å². The highest BCUT2D eigenvalue weighted by atomic mass is 79.9. The van der Waals surface area contributed by atoms with Crippen LogP contribution in [0, 0.1) is 0 Å². The SMILES string of the molecule is Nc1ccc(Br)c(-c2nc3cc(Cl)ccc3o2)c1. The van der Waals surface area contributed by atoms with Crippen LogP contribution in [-0.4, -0.2) is 4.98 Å². The van der Waals surface area contributed by atoms with Crippen molar-refractivity contribution in [1.29, 1.82) is 0 Å². The molecule has 0 saturated heterocycles. The fraction of sp³-hybridized carbons (Fsp3) is 0. The highest BCUT2D eigenvalue weighted by Crippen LogP contribution is 2.32. The van der Waals surface area contributed by atoms with E-state index in [1.807, 2.05) is 18.2 Å². The van der Waals surface area contributed by atoms with Crippen LogP contribution in [0.3, 0.4) is 0 Å². The maximum atomic E-state index is 5.92. The number of halogens is 2. The van der Waals surface area contributed by atoms with Crippen LogP contribution in [0.15, 0.2) is 45.3 Å². The quantitative estimate of drug-likeness (QED) is 0.671. The number of fused-ring (bicyclic) bond motifs is 1. The molecule has 3 nitrogen and oxygen atoms in total. The minimum atomic E-state index is 0.520. The Morgan fingerprint density at radius 2 is 2.00 bits per heavy atom. The zero-order chi connectivity index (χ0) is 12.7. The minimum Gasteiger partial charge on any atom is -0.436 e. The average Bonchev–Trinajstić information content (AvgIpc) is 2.74. The standard InChI is InChI=1S/C13H8BrClN2O/c14-10-3-2-8(16)6-9(10)13-17-11-5-7(15)1-4-12(11)18-13/h1-6H,16H2. The number of nitrogens with zero attached hydrogens (tertiary/aromatic N) is 1. The van der Waals surface area contributed by atoms with E-state index in [2.05, 4.69) is 20.9 Å². The largest absolute Gasteiger partial charge is 0.436 e. The molecule has 3 aromatic rings. The van der Waals surface area contributed by atoms with E-state index in [1.54, 1.807) is 18.2 Å². The summed E-state index contributed by atoms with van der Waals surface area (Å²) in [6.45, 7) is 0. The van der Waals surface area contributed by atoms with Crippen molar-refractivity contribution in [2.45, 2.75) is 0 Å². The van der Waals surface area contributed by atoms with Gasteiger partial charge in [-0.05, 0) is 52.3 Å².